The Kier molecular flexibility index (Phi) is 6.97. The Morgan fingerprint density at radius 1 is 1.23 bits per heavy atom. The molecule has 0 fully saturated rings. The Bertz CT molecular complexity index is 143. The van der Waals surface area contributed by atoms with E-state index < -0.39 is 0 Å². The van der Waals surface area contributed by atoms with Crippen LogP contribution in [0, 0.1) is 5.92 Å². The van der Waals surface area contributed by atoms with Gasteiger partial charge in [-0.15, -0.1) is 0 Å². The zero-order valence-electron chi connectivity index (χ0n) is 9.93. The van der Waals surface area contributed by atoms with Crippen LogP contribution < -0.4 is 0 Å². The van der Waals surface area contributed by atoms with Crippen LogP contribution >= 0.6 is 0 Å². The van der Waals surface area contributed by atoms with E-state index in [0.717, 1.165) is 0 Å². The topological polar surface area (TPSA) is 3.24 Å². The number of allylic oxidation sites excluding steroid dienone is 1. The van der Waals surface area contributed by atoms with Gasteiger partial charge in [-0.25, -0.2) is 0 Å². The van der Waals surface area contributed by atoms with Crippen molar-refractivity contribution >= 4 is 0 Å². The molecule has 0 aromatic carbocycles. The maximum Gasteiger partial charge on any atom is 0.00184 e. The monoisotopic (exact) mass is 183 g/mol. The molecular formula is C12H25N. The normalized spacial score (nSPS) is 13.0. The van der Waals surface area contributed by atoms with E-state index in [9.17, 15) is 0 Å². The minimum atomic E-state index is 0.709. The van der Waals surface area contributed by atoms with Gasteiger partial charge >= 0.3 is 0 Å². The van der Waals surface area contributed by atoms with Gasteiger partial charge in [0.1, 0.15) is 0 Å². The lowest BCUT2D eigenvalue weighted by Crippen LogP contribution is -2.24. The van der Waals surface area contributed by atoms with Crippen LogP contribution in [0.15, 0.2) is 11.6 Å². The summed E-state index contributed by atoms with van der Waals surface area (Å²) < 4.78 is 0. The summed E-state index contributed by atoms with van der Waals surface area (Å²) in [4.78, 5) is 2.48. The van der Waals surface area contributed by atoms with Crippen LogP contribution in [0.1, 0.15) is 41.0 Å². The van der Waals surface area contributed by atoms with Crippen molar-refractivity contribution in [2.75, 3.05) is 19.6 Å². The van der Waals surface area contributed by atoms with Crippen LogP contribution in [0.4, 0.5) is 0 Å². The van der Waals surface area contributed by atoms with Crippen LogP contribution in [-0.2, 0) is 0 Å². The van der Waals surface area contributed by atoms with Crippen molar-refractivity contribution in [1.82, 2.24) is 4.90 Å². The molecular weight excluding hydrogens is 158 g/mol. The molecule has 0 heterocycles. The number of rotatable bonds is 6. The van der Waals surface area contributed by atoms with Gasteiger partial charge in [-0.2, -0.15) is 0 Å². The predicted molar refractivity (Wildman–Crippen MR) is 61.0 cm³/mol. The number of hydrogen-bond acceptors (Lipinski definition) is 1. The first-order chi connectivity index (χ1) is 6.15. The largest absolute Gasteiger partial charge is 0.304 e. The van der Waals surface area contributed by atoms with Crippen LogP contribution in [0.3, 0.4) is 0 Å². The molecule has 0 aliphatic carbocycles. The molecule has 0 spiro atoms. The Balaban J connectivity index is 3.85. The summed E-state index contributed by atoms with van der Waals surface area (Å²) in [6, 6.07) is 0. The van der Waals surface area contributed by atoms with Gasteiger partial charge in [-0.3, -0.25) is 0 Å². The lowest BCUT2D eigenvalue weighted by molar-refractivity contribution is 0.305. The standard InChI is InChI=1S/C12H25N/c1-6-12(11(4)5)9-10-13(7-2)8-3/h6,11H,7-10H2,1-5H3/b12-6-. The molecule has 0 unspecified atom stereocenters. The average Bonchev–Trinajstić information content (AvgIpc) is 2.12. The van der Waals surface area contributed by atoms with E-state index in [1.54, 1.807) is 5.57 Å². The molecule has 0 bridgehead atoms. The Morgan fingerprint density at radius 3 is 2.08 bits per heavy atom. The summed E-state index contributed by atoms with van der Waals surface area (Å²) in [5.41, 5.74) is 1.59. The minimum Gasteiger partial charge on any atom is -0.304 e. The molecule has 0 aliphatic rings. The summed E-state index contributed by atoms with van der Waals surface area (Å²) in [5, 5.41) is 0. The summed E-state index contributed by atoms with van der Waals surface area (Å²) in [7, 11) is 0. The van der Waals surface area contributed by atoms with Gasteiger partial charge in [0.25, 0.3) is 0 Å². The molecule has 1 nitrogen and oxygen atoms in total. The Hall–Kier alpha value is -0.300. The first-order valence-corrected chi connectivity index (χ1v) is 5.53. The molecule has 0 radical (unpaired) electrons. The average molecular weight is 183 g/mol. The second-order valence-electron chi connectivity index (χ2n) is 3.80. The highest BCUT2D eigenvalue weighted by Crippen LogP contribution is 2.13. The highest BCUT2D eigenvalue weighted by molar-refractivity contribution is 5.03. The van der Waals surface area contributed by atoms with E-state index in [1.807, 2.05) is 0 Å². The Morgan fingerprint density at radius 2 is 1.77 bits per heavy atom. The van der Waals surface area contributed by atoms with E-state index in [1.165, 1.54) is 26.1 Å². The molecule has 0 saturated heterocycles. The highest BCUT2D eigenvalue weighted by atomic mass is 15.1. The van der Waals surface area contributed by atoms with Crippen LogP contribution in [0.5, 0.6) is 0 Å². The SMILES string of the molecule is C/C=C(/CCN(CC)CC)C(C)C. The van der Waals surface area contributed by atoms with Gasteiger partial charge in [-0.05, 0) is 32.4 Å². The molecule has 0 rings (SSSR count). The first-order valence-electron chi connectivity index (χ1n) is 5.53. The Labute approximate surface area is 83.8 Å². The quantitative estimate of drug-likeness (QED) is 0.571. The molecule has 1 heteroatoms. The maximum atomic E-state index is 2.48. The van der Waals surface area contributed by atoms with E-state index >= 15 is 0 Å². The summed E-state index contributed by atoms with van der Waals surface area (Å²) in [6.07, 6.45) is 3.50. The molecule has 0 aromatic heterocycles. The lowest BCUT2D eigenvalue weighted by Gasteiger charge is -2.20. The van der Waals surface area contributed by atoms with Gasteiger partial charge < -0.3 is 4.90 Å². The summed E-state index contributed by atoms with van der Waals surface area (Å²) in [5.74, 6) is 0.709. The van der Waals surface area contributed by atoms with Gasteiger partial charge in [0.15, 0.2) is 0 Å². The predicted octanol–water partition coefficient (Wildman–Crippen LogP) is 3.32. The van der Waals surface area contributed by atoms with Gasteiger partial charge in [0, 0.05) is 6.54 Å². The third-order valence-electron chi connectivity index (χ3n) is 2.72. The van der Waals surface area contributed by atoms with Crippen molar-refractivity contribution in [1.29, 1.82) is 0 Å². The van der Waals surface area contributed by atoms with E-state index in [-0.39, 0.29) is 0 Å². The molecule has 0 amide bonds. The second-order valence-corrected chi connectivity index (χ2v) is 3.80. The molecule has 0 aliphatic heterocycles. The van der Waals surface area contributed by atoms with Crippen molar-refractivity contribution in [3.63, 3.8) is 0 Å². The molecule has 13 heavy (non-hydrogen) atoms. The molecule has 0 atom stereocenters. The summed E-state index contributed by atoms with van der Waals surface area (Å²) in [6.45, 7) is 14.7. The van der Waals surface area contributed by atoms with Crippen LogP contribution in [-0.4, -0.2) is 24.5 Å². The van der Waals surface area contributed by atoms with E-state index in [0.29, 0.717) is 5.92 Å². The van der Waals surface area contributed by atoms with Gasteiger partial charge in [0.05, 0.1) is 0 Å². The third-order valence-corrected chi connectivity index (χ3v) is 2.72. The zero-order chi connectivity index (χ0) is 10.3. The zero-order valence-corrected chi connectivity index (χ0v) is 9.93. The molecule has 78 valence electrons. The lowest BCUT2D eigenvalue weighted by atomic mass is 10.00. The van der Waals surface area contributed by atoms with Crippen LogP contribution in [0.2, 0.25) is 0 Å². The molecule has 0 aromatic rings. The van der Waals surface area contributed by atoms with Gasteiger partial charge in [-0.1, -0.05) is 39.3 Å². The van der Waals surface area contributed by atoms with Crippen molar-refractivity contribution in [3.05, 3.63) is 11.6 Å². The minimum absolute atomic E-state index is 0.709. The molecule has 0 saturated carbocycles. The molecule has 0 N–H and O–H groups in total. The maximum absolute atomic E-state index is 2.48. The highest BCUT2D eigenvalue weighted by Gasteiger charge is 2.04. The fourth-order valence-electron chi connectivity index (χ4n) is 1.59. The van der Waals surface area contributed by atoms with Crippen molar-refractivity contribution in [2.45, 2.75) is 41.0 Å². The van der Waals surface area contributed by atoms with Crippen LogP contribution in [0.25, 0.3) is 0 Å². The summed E-state index contributed by atoms with van der Waals surface area (Å²) >= 11 is 0. The fraction of sp³-hybridized carbons (Fsp3) is 0.833. The second kappa shape index (κ2) is 7.14. The van der Waals surface area contributed by atoms with Gasteiger partial charge in [0.2, 0.25) is 0 Å². The number of nitrogens with zero attached hydrogens (tertiary/aromatic N) is 1. The smallest absolute Gasteiger partial charge is 0.00184 e. The first kappa shape index (κ1) is 12.7. The van der Waals surface area contributed by atoms with Crippen molar-refractivity contribution < 1.29 is 0 Å². The number of hydrogen-bond donors (Lipinski definition) is 0. The fourth-order valence-corrected chi connectivity index (χ4v) is 1.59. The van der Waals surface area contributed by atoms with Crippen molar-refractivity contribution in [2.24, 2.45) is 5.92 Å². The van der Waals surface area contributed by atoms with E-state index in [2.05, 4.69) is 45.6 Å². The third kappa shape index (κ3) is 5.09. The van der Waals surface area contributed by atoms with Crippen molar-refractivity contribution in [3.8, 4) is 0 Å². The van der Waals surface area contributed by atoms with E-state index in [4.69, 9.17) is 0 Å².